The van der Waals surface area contributed by atoms with E-state index >= 15 is 0 Å². The van der Waals surface area contributed by atoms with Crippen molar-refractivity contribution in [2.75, 3.05) is 7.05 Å². The third kappa shape index (κ3) is 4.73. The van der Waals surface area contributed by atoms with Crippen LogP contribution in [-0.4, -0.2) is 24.4 Å². The second-order valence-corrected chi connectivity index (χ2v) is 1.55. The average Bonchev–Trinajstić information content (AvgIpc) is 1.65. The molecule has 0 rings (SSSR count). The third-order valence-corrected chi connectivity index (χ3v) is 0.805. The van der Waals surface area contributed by atoms with Crippen LogP contribution in [0.2, 0.25) is 0 Å². The van der Waals surface area contributed by atoms with Crippen molar-refractivity contribution in [1.29, 1.82) is 0 Å². The zero-order valence-electron chi connectivity index (χ0n) is 5.22. The van der Waals surface area contributed by atoms with E-state index in [2.05, 4.69) is 6.92 Å². The monoisotopic (exact) mass is 188 g/mol. The van der Waals surface area contributed by atoms with Crippen LogP contribution in [-0.2, 0) is 37.5 Å². The van der Waals surface area contributed by atoms with Crippen LogP contribution >= 0.6 is 0 Å². The van der Waals surface area contributed by atoms with Crippen molar-refractivity contribution in [3.63, 3.8) is 0 Å². The molecule has 0 aliphatic carbocycles. The minimum atomic E-state index is 0. The topological polar surface area (TPSA) is 20.3 Å². The number of amides is 1. The fourth-order valence-electron chi connectivity index (χ4n) is 0.0900. The van der Waals surface area contributed by atoms with E-state index in [0.717, 1.165) is 0 Å². The summed E-state index contributed by atoms with van der Waals surface area (Å²) < 4.78 is 0. The third-order valence-electron chi connectivity index (χ3n) is 0.805. The first-order valence-electron chi connectivity index (χ1n) is 2.12. The fraction of sp³-hybridized carbons (Fsp3) is 0.600. The maximum Gasteiger partial charge on any atom is 0 e. The number of carbonyl (C=O) groups excluding carboxylic acids is 1. The fourth-order valence-corrected chi connectivity index (χ4v) is 0.0900. The van der Waals surface area contributed by atoms with E-state index in [1.165, 1.54) is 4.90 Å². The zero-order valence-corrected chi connectivity index (χ0v) is 8.06. The van der Waals surface area contributed by atoms with Crippen LogP contribution in [0.4, 0.5) is 0 Å². The first kappa shape index (κ1) is 11.4. The second-order valence-electron chi connectivity index (χ2n) is 1.55. The van der Waals surface area contributed by atoms with Gasteiger partial charge in [0.25, 0.3) is 0 Å². The summed E-state index contributed by atoms with van der Waals surface area (Å²) in [6.07, 6.45) is 1.69. The standard InChI is InChI=1S/C5H9NO.Y/c1-5(2)6(3)4-7;/h5H,1H2,2-3H3;/q-2;. The first-order valence-corrected chi connectivity index (χ1v) is 2.12. The van der Waals surface area contributed by atoms with E-state index in [1.54, 1.807) is 13.5 Å². The molecule has 0 saturated carbocycles. The Labute approximate surface area is 75.5 Å². The van der Waals surface area contributed by atoms with Gasteiger partial charge in [0, 0.05) is 32.7 Å². The maximum absolute atomic E-state index is 9.71. The predicted molar refractivity (Wildman–Crippen MR) is 28.3 cm³/mol. The summed E-state index contributed by atoms with van der Waals surface area (Å²) in [6.45, 7) is 5.40. The van der Waals surface area contributed by atoms with Gasteiger partial charge in [0.05, 0.1) is 0 Å². The van der Waals surface area contributed by atoms with Crippen molar-refractivity contribution in [1.82, 2.24) is 4.90 Å². The van der Waals surface area contributed by atoms with Gasteiger partial charge in [-0.3, -0.25) is 0 Å². The Bertz CT molecular complexity index is 65.4. The largest absolute Gasteiger partial charge is 0.542 e. The smallest absolute Gasteiger partial charge is 0 e. The molecule has 1 atom stereocenters. The normalized spacial score (nSPS) is 11.4. The minimum absolute atomic E-state index is 0. The molecule has 0 saturated heterocycles. The molecule has 1 unspecified atom stereocenters. The Hall–Kier alpha value is 0.574. The van der Waals surface area contributed by atoms with Crippen molar-refractivity contribution in [2.45, 2.75) is 13.0 Å². The van der Waals surface area contributed by atoms with Crippen LogP contribution in [0.5, 0.6) is 0 Å². The molecule has 0 aromatic carbocycles. The van der Waals surface area contributed by atoms with Crippen molar-refractivity contribution in [3.05, 3.63) is 6.92 Å². The average molecular weight is 188 g/mol. The molecule has 8 heavy (non-hydrogen) atoms. The molecule has 0 aromatic heterocycles. The van der Waals surface area contributed by atoms with Crippen LogP contribution in [0.3, 0.4) is 0 Å². The summed E-state index contributed by atoms with van der Waals surface area (Å²) in [5.41, 5.74) is 0. The van der Waals surface area contributed by atoms with Crippen LogP contribution < -0.4 is 0 Å². The molecule has 0 aromatic rings. The van der Waals surface area contributed by atoms with Gasteiger partial charge >= 0.3 is 0 Å². The van der Waals surface area contributed by atoms with Gasteiger partial charge in [0.15, 0.2) is 0 Å². The Morgan fingerprint density at radius 2 is 2.12 bits per heavy atom. The van der Waals surface area contributed by atoms with E-state index in [9.17, 15) is 4.79 Å². The zero-order chi connectivity index (χ0) is 5.86. The molecule has 0 aliphatic heterocycles. The van der Waals surface area contributed by atoms with Crippen molar-refractivity contribution < 1.29 is 37.5 Å². The summed E-state index contributed by atoms with van der Waals surface area (Å²) in [5.74, 6) is 0. The molecule has 3 heteroatoms. The van der Waals surface area contributed by atoms with Crippen molar-refractivity contribution in [3.8, 4) is 0 Å². The van der Waals surface area contributed by atoms with Crippen LogP contribution in [0.15, 0.2) is 0 Å². The van der Waals surface area contributed by atoms with Gasteiger partial charge in [0.1, 0.15) is 0 Å². The number of hydrogen-bond acceptors (Lipinski definition) is 1. The Morgan fingerprint density at radius 3 is 2.12 bits per heavy atom. The predicted octanol–water partition coefficient (Wildman–Crippen LogP) is 0.205. The van der Waals surface area contributed by atoms with Crippen LogP contribution in [0.25, 0.3) is 0 Å². The molecule has 45 valence electrons. The molecular formula is C5H9NOY-2. The second kappa shape index (κ2) is 5.71. The number of nitrogens with zero attached hydrogens (tertiary/aromatic N) is 1. The molecule has 0 bridgehead atoms. The first-order chi connectivity index (χ1) is 3.18. The van der Waals surface area contributed by atoms with Crippen molar-refractivity contribution >= 4 is 6.41 Å². The summed E-state index contributed by atoms with van der Waals surface area (Å²) in [4.78, 5) is 11.1. The molecular weight excluding hydrogens is 179 g/mol. The SMILES string of the molecule is [CH2-]C(C)N(C)[C-]=O.[Y]. The van der Waals surface area contributed by atoms with E-state index in [-0.39, 0.29) is 38.8 Å². The Balaban J connectivity index is 0. The van der Waals surface area contributed by atoms with E-state index in [0.29, 0.717) is 0 Å². The summed E-state index contributed by atoms with van der Waals surface area (Å²) in [5, 5.41) is 0. The summed E-state index contributed by atoms with van der Waals surface area (Å²) in [7, 11) is 1.64. The molecule has 1 radical (unpaired) electrons. The van der Waals surface area contributed by atoms with Gasteiger partial charge in [-0.2, -0.15) is 6.41 Å². The van der Waals surface area contributed by atoms with Gasteiger partial charge in [0.2, 0.25) is 0 Å². The number of rotatable bonds is 2. The molecule has 0 aliphatic rings. The quantitative estimate of drug-likeness (QED) is 0.448. The summed E-state index contributed by atoms with van der Waals surface area (Å²) in [6, 6.07) is 0.0255. The summed E-state index contributed by atoms with van der Waals surface area (Å²) >= 11 is 0. The van der Waals surface area contributed by atoms with Gasteiger partial charge < -0.3 is 16.6 Å². The van der Waals surface area contributed by atoms with Crippen LogP contribution in [0.1, 0.15) is 6.92 Å². The molecule has 1 amide bonds. The van der Waals surface area contributed by atoms with E-state index in [1.807, 2.05) is 6.92 Å². The number of hydrogen-bond donors (Lipinski definition) is 0. The van der Waals surface area contributed by atoms with Crippen LogP contribution in [0, 0.1) is 6.92 Å². The minimum Gasteiger partial charge on any atom is -0.542 e. The Kier molecular flexibility index (Phi) is 8.12. The van der Waals surface area contributed by atoms with E-state index < -0.39 is 0 Å². The molecule has 0 heterocycles. The van der Waals surface area contributed by atoms with Gasteiger partial charge in [-0.15, -0.1) is 6.04 Å². The molecule has 0 N–H and O–H groups in total. The molecule has 2 nitrogen and oxygen atoms in total. The molecule has 0 fully saturated rings. The Morgan fingerprint density at radius 1 is 1.75 bits per heavy atom. The van der Waals surface area contributed by atoms with E-state index in [4.69, 9.17) is 0 Å². The maximum atomic E-state index is 9.71. The molecule has 0 spiro atoms. The van der Waals surface area contributed by atoms with Gasteiger partial charge in [-0.25, -0.2) is 0 Å². The van der Waals surface area contributed by atoms with Crippen molar-refractivity contribution in [2.24, 2.45) is 0 Å². The van der Waals surface area contributed by atoms with Gasteiger partial charge in [-0.1, -0.05) is 6.92 Å². The van der Waals surface area contributed by atoms with Gasteiger partial charge in [-0.05, 0) is 7.05 Å².